The third-order valence-electron chi connectivity index (χ3n) is 1.64. The Morgan fingerprint density at radius 1 is 1.40 bits per heavy atom. The molecule has 15 heavy (non-hydrogen) atoms. The number of ether oxygens (including phenoxy) is 1. The standard InChI is InChI=1S/C11H14INO2/c1-11(2,3)15-10(14)7-4-5-9(13)8(12)6-7/h4-6H,13H2,1-3H3. The summed E-state index contributed by atoms with van der Waals surface area (Å²) in [6.07, 6.45) is 0. The third-order valence-corrected chi connectivity index (χ3v) is 2.57. The molecule has 0 aliphatic heterocycles. The zero-order valence-corrected chi connectivity index (χ0v) is 11.2. The lowest BCUT2D eigenvalue weighted by Gasteiger charge is -2.19. The van der Waals surface area contributed by atoms with E-state index in [9.17, 15) is 4.79 Å². The summed E-state index contributed by atoms with van der Waals surface area (Å²) in [6, 6.07) is 5.11. The third kappa shape index (κ3) is 3.70. The van der Waals surface area contributed by atoms with Crippen LogP contribution in [0.3, 0.4) is 0 Å². The Labute approximate surface area is 103 Å². The van der Waals surface area contributed by atoms with Crippen molar-refractivity contribution in [1.82, 2.24) is 0 Å². The van der Waals surface area contributed by atoms with E-state index in [1.807, 2.05) is 20.8 Å². The molecule has 0 saturated heterocycles. The van der Waals surface area contributed by atoms with Gasteiger partial charge in [0.25, 0.3) is 0 Å². The van der Waals surface area contributed by atoms with E-state index >= 15 is 0 Å². The van der Waals surface area contributed by atoms with Gasteiger partial charge in [0.2, 0.25) is 0 Å². The molecule has 0 fully saturated rings. The molecule has 0 unspecified atom stereocenters. The molecule has 2 N–H and O–H groups in total. The first kappa shape index (κ1) is 12.3. The second kappa shape index (κ2) is 4.38. The van der Waals surface area contributed by atoms with E-state index in [0.717, 1.165) is 3.57 Å². The van der Waals surface area contributed by atoms with E-state index in [1.54, 1.807) is 18.2 Å². The van der Waals surface area contributed by atoms with Crippen LogP contribution < -0.4 is 5.73 Å². The summed E-state index contributed by atoms with van der Waals surface area (Å²) in [4.78, 5) is 11.7. The highest BCUT2D eigenvalue weighted by molar-refractivity contribution is 14.1. The summed E-state index contributed by atoms with van der Waals surface area (Å²) in [5, 5.41) is 0. The fraction of sp³-hybridized carbons (Fsp3) is 0.364. The Balaban J connectivity index is 2.88. The summed E-state index contributed by atoms with van der Waals surface area (Å²) in [7, 11) is 0. The Bertz CT molecular complexity index is 383. The monoisotopic (exact) mass is 319 g/mol. The molecule has 1 aromatic rings. The zero-order valence-electron chi connectivity index (χ0n) is 9.00. The lowest BCUT2D eigenvalue weighted by atomic mass is 10.1. The molecule has 0 saturated carbocycles. The highest BCUT2D eigenvalue weighted by atomic mass is 127. The van der Waals surface area contributed by atoms with Crippen molar-refractivity contribution in [2.75, 3.05) is 5.73 Å². The molecule has 82 valence electrons. The van der Waals surface area contributed by atoms with Crippen LogP contribution >= 0.6 is 22.6 Å². The normalized spacial score (nSPS) is 11.2. The number of esters is 1. The van der Waals surface area contributed by atoms with Gasteiger partial charge in [0, 0.05) is 9.26 Å². The summed E-state index contributed by atoms with van der Waals surface area (Å²) >= 11 is 2.09. The number of rotatable bonds is 1. The largest absolute Gasteiger partial charge is 0.456 e. The molecular formula is C11H14INO2. The van der Waals surface area contributed by atoms with Crippen molar-refractivity contribution in [1.29, 1.82) is 0 Å². The number of anilines is 1. The van der Waals surface area contributed by atoms with Crippen LogP contribution in [0.5, 0.6) is 0 Å². The Morgan fingerprint density at radius 2 is 2.00 bits per heavy atom. The van der Waals surface area contributed by atoms with Crippen molar-refractivity contribution >= 4 is 34.2 Å². The highest BCUT2D eigenvalue weighted by Crippen LogP contribution is 2.18. The molecule has 3 nitrogen and oxygen atoms in total. The van der Waals surface area contributed by atoms with Gasteiger partial charge < -0.3 is 10.5 Å². The van der Waals surface area contributed by atoms with Crippen LogP contribution in [0, 0.1) is 3.57 Å². The van der Waals surface area contributed by atoms with Gasteiger partial charge in [-0.3, -0.25) is 0 Å². The number of carbonyl (C=O) groups excluding carboxylic acids is 1. The number of hydrogen-bond acceptors (Lipinski definition) is 3. The molecule has 1 rings (SSSR count). The van der Waals surface area contributed by atoms with Crippen molar-refractivity contribution in [2.24, 2.45) is 0 Å². The predicted octanol–water partition coefficient (Wildman–Crippen LogP) is 2.83. The lowest BCUT2D eigenvalue weighted by Crippen LogP contribution is -2.23. The van der Waals surface area contributed by atoms with Gasteiger partial charge >= 0.3 is 5.97 Å². The number of nitrogens with two attached hydrogens (primary N) is 1. The van der Waals surface area contributed by atoms with Crippen molar-refractivity contribution < 1.29 is 9.53 Å². The Morgan fingerprint density at radius 3 is 2.47 bits per heavy atom. The van der Waals surface area contributed by atoms with E-state index in [1.165, 1.54) is 0 Å². The van der Waals surface area contributed by atoms with Gasteiger partial charge in [0.1, 0.15) is 5.60 Å². The van der Waals surface area contributed by atoms with Gasteiger partial charge in [-0.25, -0.2) is 4.79 Å². The van der Waals surface area contributed by atoms with Crippen LogP contribution in [0.25, 0.3) is 0 Å². The Hall–Kier alpha value is -0.780. The second-order valence-corrected chi connectivity index (χ2v) is 5.40. The van der Waals surface area contributed by atoms with Crippen molar-refractivity contribution in [3.63, 3.8) is 0 Å². The van der Waals surface area contributed by atoms with E-state index in [4.69, 9.17) is 10.5 Å². The van der Waals surface area contributed by atoms with Crippen molar-refractivity contribution in [2.45, 2.75) is 26.4 Å². The van der Waals surface area contributed by atoms with Gasteiger partial charge in [0.15, 0.2) is 0 Å². The highest BCUT2D eigenvalue weighted by Gasteiger charge is 2.18. The molecule has 0 aliphatic rings. The first-order valence-electron chi connectivity index (χ1n) is 4.58. The molecule has 0 atom stereocenters. The molecule has 0 spiro atoms. The van der Waals surface area contributed by atoms with Gasteiger partial charge in [-0.05, 0) is 61.6 Å². The predicted molar refractivity (Wildman–Crippen MR) is 68.7 cm³/mol. The molecule has 1 aromatic carbocycles. The number of hydrogen-bond donors (Lipinski definition) is 1. The van der Waals surface area contributed by atoms with Crippen LogP contribution in [0.1, 0.15) is 31.1 Å². The maximum Gasteiger partial charge on any atom is 0.338 e. The van der Waals surface area contributed by atoms with Crippen LogP contribution in [0.15, 0.2) is 18.2 Å². The second-order valence-electron chi connectivity index (χ2n) is 4.24. The maximum absolute atomic E-state index is 11.7. The topological polar surface area (TPSA) is 52.3 Å². The van der Waals surface area contributed by atoms with E-state index in [-0.39, 0.29) is 5.97 Å². The fourth-order valence-corrected chi connectivity index (χ4v) is 1.51. The maximum atomic E-state index is 11.7. The fourth-order valence-electron chi connectivity index (χ4n) is 0.991. The summed E-state index contributed by atoms with van der Waals surface area (Å²) in [5.41, 5.74) is 6.39. The Kier molecular flexibility index (Phi) is 3.59. The van der Waals surface area contributed by atoms with Crippen molar-refractivity contribution in [3.8, 4) is 0 Å². The van der Waals surface area contributed by atoms with E-state index < -0.39 is 5.60 Å². The first-order chi connectivity index (χ1) is 6.79. The molecule has 0 radical (unpaired) electrons. The van der Waals surface area contributed by atoms with Crippen molar-refractivity contribution in [3.05, 3.63) is 27.3 Å². The number of halogens is 1. The van der Waals surface area contributed by atoms with Gasteiger partial charge in [-0.2, -0.15) is 0 Å². The smallest absolute Gasteiger partial charge is 0.338 e. The van der Waals surface area contributed by atoms with E-state index in [2.05, 4.69) is 22.6 Å². The van der Waals surface area contributed by atoms with E-state index in [0.29, 0.717) is 11.3 Å². The molecular weight excluding hydrogens is 305 g/mol. The minimum atomic E-state index is -0.468. The first-order valence-corrected chi connectivity index (χ1v) is 5.66. The van der Waals surface area contributed by atoms with Crippen LogP contribution in [-0.4, -0.2) is 11.6 Å². The molecule has 0 aliphatic carbocycles. The number of nitrogen functional groups attached to an aromatic ring is 1. The van der Waals surface area contributed by atoms with Crippen LogP contribution in [-0.2, 0) is 4.74 Å². The summed E-state index contributed by atoms with van der Waals surface area (Å²) in [5.74, 6) is -0.319. The average Bonchev–Trinajstić information content (AvgIpc) is 2.06. The van der Waals surface area contributed by atoms with Crippen LogP contribution in [0.4, 0.5) is 5.69 Å². The van der Waals surface area contributed by atoms with Crippen LogP contribution in [0.2, 0.25) is 0 Å². The zero-order chi connectivity index (χ0) is 11.6. The molecule has 0 aromatic heterocycles. The average molecular weight is 319 g/mol. The number of benzene rings is 1. The molecule has 4 heteroatoms. The summed E-state index contributed by atoms with van der Waals surface area (Å²) in [6.45, 7) is 5.52. The van der Waals surface area contributed by atoms with Gasteiger partial charge in [-0.1, -0.05) is 0 Å². The summed E-state index contributed by atoms with van der Waals surface area (Å²) < 4.78 is 6.09. The lowest BCUT2D eigenvalue weighted by molar-refractivity contribution is 0.00695. The molecule has 0 heterocycles. The van der Waals surface area contributed by atoms with Gasteiger partial charge in [0.05, 0.1) is 5.56 Å². The molecule has 0 amide bonds. The quantitative estimate of drug-likeness (QED) is 0.492. The van der Waals surface area contributed by atoms with Gasteiger partial charge in [-0.15, -0.1) is 0 Å². The number of carbonyl (C=O) groups is 1. The minimum Gasteiger partial charge on any atom is -0.456 e. The molecule has 0 bridgehead atoms. The SMILES string of the molecule is CC(C)(C)OC(=O)c1ccc(N)c(I)c1. The minimum absolute atomic E-state index is 0.319.